The van der Waals surface area contributed by atoms with Gasteiger partial charge in [-0.15, -0.1) is 0 Å². The lowest BCUT2D eigenvalue weighted by atomic mass is 9.39. The van der Waals surface area contributed by atoms with Crippen LogP contribution in [0.1, 0.15) is 72.6 Å². The van der Waals surface area contributed by atoms with Crippen LogP contribution in [0.25, 0.3) is 0 Å². The van der Waals surface area contributed by atoms with E-state index in [1.54, 1.807) is 0 Å². The normalized spacial score (nSPS) is 47.9. The smallest absolute Gasteiger partial charge is 0.0588 e. The summed E-state index contributed by atoms with van der Waals surface area (Å²) < 4.78 is 0. The molecule has 2 nitrogen and oxygen atoms in total. The lowest BCUT2D eigenvalue weighted by Gasteiger charge is -2.66. The van der Waals surface area contributed by atoms with Gasteiger partial charge in [0, 0.05) is 0 Å². The van der Waals surface area contributed by atoms with Gasteiger partial charge in [0.25, 0.3) is 0 Å². The molecule has 0 aromatic heterocycles. The maximum Gasteiger partial charge on any atom is 0.0588 e. The first-order valence-corrected chi connectivity index (χ1v) is 9.06. The highest BCUT2D eigenvalue weighted by Gasteiger charge is 2.60. The molecule has 4 unspecified atom stereocenters. The van der Waals surface area contributed by atoms with Gasteiger partial charge in [-0.2, -0.15) is 0 Å². The molecule has 0 spiro atoms. The summed E-state index contributed by atoms with van der Waals surface area (Å²) in [5.41, 5.74) is 7.43. The number of rotatable bonds is 5. The Morgan fingerprint density at radius 2 is 1.62 bits per heavy atom. The minimum atomic E-state index is -0.210. The molecule has 3 N–H and O–H groups in total. The van der Waals surface area contributed by atoms with Crippen molar-refractivity contribution >= 4 is 0 Å². The van der Waals surface area contributed by atoms with Gasteiger partial charge in [-0.1, -0.05) is 27.7 Å². The number of aliphatic hydroxyl groups excluding tert-OH is 1. The number of aliphatic hydroxyl groups is 1. The summed E-state index contributed by atoms with van der Waals surface area (Å²) in [5, 5.41) is 10.8. The van der Waals surface area contributed by atoms with Crippen molar-refractivity contribution in [3.63, 3.8) is 0 Å². The molecule has 4 aliphatic rings. The molecule has 4 saturated carbocycles. The molecule has 0 aromatic rings. The molecule has 0 aromatic carbocycles. The Labute approximate surface area is 130 Å². The van der Waals surface area contributed by atoms with Crippen molar-refractivity contribution in [2.45, 2.75) is 78.7 Å². The largest absolute Gasteiger partial charge is 0.393 e. The van der Waals surface area contributed by atoms with E-state index in [-0.39, 0.29) is 12.0 Å². The van der Waals surface area contributed by atoms with Gasteiger partial charge in [-0.3, -0.25) is 0 Å². The van der Waals surface area contributed by atoms with Gasteiger partial charge in [0.1, 0.15) is 0 Å². The van der Waals surface area contributed by atoms with Crippen LogP contribution < -0.4 is 5.73 Å². The summed E-state index contributed by atoms with van der Waals surface area (Å²) in [6, 6.07) is 0. The van der Waals surface area contributed by atoms with Crippen LogP contribution in [-0.4, -0.2) is 17.8 Å². The predicted molar refractivity (Wildman–Crippen MR) is 87.8 cm³/mol. The van der Waals surface area contributed by atoms with Crippen LogP contribution in [0.4, 0.5) is 0 Å². The van der Waals surface area contributed by atoms with Crippen molar-refractivity contribution in [3.05, 3.63) is 0 Å². The van der Waals surface area contributed by atoms with E-state index in [1.165, 1.54) is 38.5 Å². The summed E-state index contributed by atoms with van der Waals surface area (Å²) in [6.07, 6.45) is 9.13. The molecule has 0 aliphatic heterocycles. The Balaban J connectivity index is 1.78. The molecule has 0 radical (unpaired) electrons. The molecular formula is C19H35NO. The average Bonchev–Trinajstić information content (AvgIpc) is 2.22. The van der Waals surface area contributed by atoms with E-state index in [9.17, 15) is 5.11 Å². The van der Waals surface area contributed by atoms with Crippen LogP contribution in [0.5, 0.6) is 0 Å². The fourth-order valence-electron chi connectivity index (χ4n) is 7.38. The zero-order chi connectivity index (χ0) is 15.5. The van der Waals surface area contributed by atoms with Crippen LogP contribution in [0.2, 0.25) is 0 Å². The van der Waals surface area contributed by atoms with Gasteiger partial charge >= 0.3 is 0 Å². The van der Waals surface area contributed by atoms with Crippen molar-refractivity contribution in [1.82, 2.24) is 0 Å². The zero-order valence-electron chi connectivity index (χ0n) is 14.5. The summed E-state index contributed by atoms with van der Waals surface area (Å²) in [7, 11) is 0. The molecule has 4 rings (SSSR count). The Morgan fingerprint density at radius 3 is 2.05 bits per heavy atom. The molecule has 4 aliphatic carbocycles. The highest BCUT2D eigenvalue weighted by atomic mass is 16.3. The average molecular weight is 293 g/mol. The first kappa shape index (κ1) is 15.8. The lowest BCUT2D eigenvalue weighted by Crippen LogP contribution is -2.56. The topological polar surface area (TPSA) is 46.2 Å². The second-order valence-corrected chi connectivity index (χ2v) is 10.0. The van der Waals surface area contributed by atoms with Crippen LogP contribution >= 0.6 is 0 Å². The molecule has 21 heavy (non-hydrogen) atoms. The zero-order valence-corrected chi connectivity index (χ0v) is 14.5. The van der Waals surface area contributed by atoms with Gasteiger partial charge in [0.2, 0.25) is 0 Å². The van der Waals surface area contributed by atoms with Gasteiger partial charge in [0.05, 0.1) is 6.10 Å². The van der Waals surface area contributed by atoms with Crippen molar-refractivity contribution in [2.75, 3.05) is 6.54 Å². The highest BCUT2D eigenvalue weighted by Crippen LogP contribution is 2.70. The summed E-state index contributed by atoms with van der Waals surface area (Å²) >= 11 is 0. The third-order valence-corrected chi connectivity index (χ3v) is 7.01. The molecule has 2 heteroatoms. The maximum absolute atomic E-state index is 10.8. The SMILES string of the molecule is CC(C)C(CN)C(O)CC12CC3CC(C)(CC(C)(C3)C1)C2. The molecule has 122 valence electrons. The predicted octanol–water partition coefficient (Wildman–Crippen LogP) is 3.96. The standard InChI is InChI=1S/C19H35NO/c1-13(2)15(9-20)16(21)8-19-7-14-5-17(3,11-19)10-18(4,6-14)12-19/h13-16,21H,5-12,20H2,1-4H3. The summed E-state index contributed by atoms with van der Waals surface area (Å²) in [6.45, 7) is 10.0. The summed E-state index contributed by atoms with van der Waals surface area (Å²) in [5.74, 6) is 1.66. The first-order valence-electron chi connectivity index (χ1n) is 9.06. The number of nitrogens with two attached hydrogens (primary N) is 1. The van der Waals surface area contributed by atoms with Crippen molar-refractivity contribution < 1.29 is 5.11 Å². The molecule has 4 bridgehead atoms. The first-order chi connectivity index (χ1) is 9.68. The van der Waals surface area contributed by atoms with Crippen LogP contribution in [0, 0.1) is 34.0 Å². The quantitative estimate of drug-likeness (QED) is 0.806. The van der Waals surface area contributed by atoms with E-state index in [2.05, 4.69) is 27.7 Å². The van der Waals surface area contributed by atoms with E-state index < -0.39 is 0 Å². The molecule has 0 heterocycles. The second kappa shape index (κ2) is 4.96. The van der Waals surface area contributed by atoms with Crippen LogP contribution in [0.15, 0.2) is 0 Å². The third kappa shape index (κ3) is 2.79. The van der Waals surface area contributed by atoms with E-state index in [0.717, 1.165) is 12.3 Å². The monoisotopic (exact) mass is 293 g/mol. The highest BCUT2D eigenvalue weighted by molar-refractivity contribution is 5.10. The molecule has 4 fully saturated rings. The maximum atomic E-state index is 10.8. The molecule has 4 atom stereocenters. The van der Waals surface area contributed by atoms with E-state index in [4.69, 9.17) is 5.73 Å². The van der Waals surface area contributed by atoms with Crippen LogP contribution in [0.3, 0.4) is 0 Å². The molecule has 0 saturated heterocycles. The fourth-order valence-corrected chi connectivity index (χ4v) is 7.38. The van der Waals surface area contributed by atoms with Gasteiger partial charge in [0.15, 0.2) is 0 Å². The van der Waals surface area contributed by atoms with E-state index in [0.29, 0.717) is 28.7 Å². The van der Waals surface area contributed by atoms with Crippen molar-refractivity contribution in [1.29, 1.82) is 0 Å². The van der Waals surface area contributed by atoms with E-state index >= 15 is 0 Å². The Kier molecular flexibility index (Phi) is 3.73. The molecular weight excluding hydrogens is 258 g/mol. The summed E-state index contributed by atoms with van der Waals surface area (Å²) in [4.78, 5) is 0. The Morgan fingerprint density at radius 1 is 1.05 bits per heavy atom. The van der Waals surface area contributed by atoms with E-state index in [1.807, 2.05) is 0 Å². The van der Waals surface area contributed by atoms with Crippen LogP contribution in [-0.2, 0) is 0 Å². The second-order valence-electron chi connectivity index (χ2n) is 10.0. The lowest BCUT2D eigenvalue weighted by molar-refractivity contribution is -0.160. The Bertz CT molecular complexity index is 386. The van der Waals surface area contributed by atoms with Gasteiger partial charge in [-0.25, -0.2) is 0 Å². The minimum Gasteiger partial charge on any atom is -0.393 e. The minimum absolute atomic E-state index is 0.210. The molecule has 0 amide bonds. The van der Waals surface area contributed by atoms with Crippen molar-refractivity contribution in [3.8, 4) is 0 Å². The van der Waals surface area contributed by atoms with Gasteiger partial charge in [-0.05, 0) is 85.5 Å². The number of hydrogen-bond donors (Lipinski definition) is 2. The van der Waals surface area contributed by atoms with Crippen molar-refractivity contribution in [2.24, 2.45) is 39.7 Å². The fraction of sp³-hybridized carbons (Fsp3) is 1.00. The Hall–Kier alpha value is -0.0800. The number of hydrogen-bond acceptors (Lipinski definition) is 2. The van der Waals surface area contributed by atoms with Gasteiger partial charge < -0.3 is 10.8 Å². The third-order valence-electron chi connectivity index (χ3n) is 7.01.